The van der Waals surface area contributed by atoms with E-state index < -0.39 is 5.97 Å². The fraction of sp³-hybridized carbons (Fsp3) is 0.333. The van der Waals surface area contributed by atoms with E-state index in [0.717, 1.165) is 29.5 Å². The van der Waals surface area contributed by atoms with Crippen molar-refractivity contribution in [3.05, 3.63) is 88.2 Å². The first kappa shape index (κ1) is 24.0. The molecule has 0 saturated heterocycles. The lowest BCUT2D eigenvalue weighted by Gasteiger charge is -2.32. The van der Waals surface area contributed by atoms with Gasteiger partial charge in [0.15, 0.2) is 0 Å². The second-order valence-corrected chi connectivity index (χ2v) is 9.59. The number of fused-ring (bicyclic) bond motifs is 2. The van der Waals surface area contributed by atoms with Crippen LogP contribution in [0.1, 0.15) is 53.5 Å². The highest BCUT2D eigenvalue weighted by Crippen LogP contribution is 2.39. The standard InChI is InChI=1S/C30H30FNO4/c1-2-36-28-15-19(16-30(34)35)7-10-25(28)23-11-12-27(31)24-13-14-32(18-26(23)24)29(33)17-21-9-8-20-5-3-4-6-22(20)21/h3-7,10-12,15,21H,2,8-9,13-14,16-18H2,1H3,(H,34,35). The molecule has 5 rings (SSSR count). The van der Waals surface area contributed by atoms with Gasteiger partial charge in [-0.15, -0.1) is 0 Å². The van der Waals surface area contributed by atoms with Crippen molar-refractivity contribution in [2.24, 2.45) is 0 Å². The highest BCUT2D eigenvalue weighted by Gasteiger charge is 2.30. The van der Waals surface area contributed by atoms with Crippen LogP contribution in [0.5, 0.6) is 5.75 Å². The lowest BCUT2D eigenvalue weighted by Crippen LogP contribution is -2.37. The van der Waals surface area contributed by atoms with E-state index in [1.54, 1.807) is 18.2 Å². The summed E-state index contributed by atoms with van der Waals surface area (Å²) >= 11 is 0. The number of aryl methyl sites for hydroxylation is 1. The summed E-state index contributed by atoms with van der Waals surface area (Å²) in [5.41, 5.74) is 6.28. The molecule has 1 N–H and O–H groups in total. The van der Waals surface area contributed by atoms with Gasteiger partial charge >= 0.3 is 5.97 Å². The van der Waals surface area contributed by atoms with Gasteiger partial charge in [0.1, 0.15) is 11.6 Å². The topological polar surface area (TPSA) is 66.8 Å². The molecule has 1 heterocycles. The van der Waals surface area contributed by atoms with Crippen molar-refractivity contribution in [1.29, 1.82) is 0 Å². The van der Waals surface area contributed by atoms with E-state index in [9.17, 15) is 19.1 Å². The maximum Gasteiger partial charge on any atom is 0.307 e. The van der Waals surface area contributed by atoms with E-state index in [1.165, 1.54) is 17.2 Å². The van der Waals surface area contributed by atoms with Crippen LogP contribution in [-0.4, -0.2) is 35.0 Å². The van der Waals surface area contributed by atoms with E-state index in [0.29, 0.717) is 49.4 Å². The molecule has 1 aliphatic carbocycles. The number of amides is 1. The summed E-state index contributed by atoms with van der Waals surface area (Å²) in [6, 6.07) is 16.9. The molecule has 0 radical (unpaired) electrons. The van der Waals surface area contributed by atoms with Gasteiger partial charge in [0.05, 0.1) is 13.0 Å². The average molecular weight is 488 g/mol. The zero-order valence-electron chi connectivity index (χ0n) is 20.4. The number of carboxylic acids is 1. The van der Waals surface area contributed by atoms with Crippen LogP contribution in [0.3, 0.4) is 0 Å². The number of carbonyl (C=O) groups is 2. The monoisotopic (exact) mass is 487 g/mol. The third-order valence-corrected chi connectivity index (χ3v) is 7.38. The van der Waals surface area contributed by atoms with Gasteiger partial charge in [0, 0.05) is 25.1 Å². The van der Waals surface area contributed by atoms with Gasteiger partial charge in [0.25, 0.3) is 0 Å². The summed E-state index contributed by atoms with van der Waals surface area (Å²) in [7, 11) is 0. The van der Waals surface area contributed by atoms with Gasteiger partial charge in [-0.3, -0.25) is 9.59 Å². The predicted molar refractivity (Wildman–Crippen MR) is 136 cm³/mol. The van der Waals surface area contributed by atoms with E-state index in [-0.39, 0.29) is 24.1 Å². The maximum atomic E-state index is 14.8. The number of aliphatic carboxylic acids is 1. The first-order chi connectivity index (χ1) is 17.4. The van der Waals surface area contributed by atoms with Gasteiger partial charge in [-0.1, -0.05) is 42.5 Å². The molecule has 186 valence electrons. The summed E-state index contributed by atoms with van der Waals surface area (Å²) in [6.45, 7) is 3.13. The van der Waals surface area contributed by atoms with Crippen LogP contribution in [0.15, 0.2) is 54.6 Å². The van der Waals surface area contributed by atoms with Crippen LogP contribution in [0.25, 0.3) is 11.1 Å². The zero-order chi connectivity index (χ0) is 25.2. The van der Waals surface area contributed by atoms with Gasteiger partial charge in [0.2, 0.25) is 5.91 Å². The lowest BCUT2D eigenvalue weighted by atomic mass is 9.89. The molecule has 6 heteroatoms. The molecule has 36 heavy (non-hydrogen) atoms. The minimum Gasteiger partial charge on any atom is -0.493 e. The number of hydrogen-bond donors (Lipinski definition) is 1. The number of carbonyl (C=O) groups excluding carboxylic acids is 1. The SMILES string of the molecule is CCOc1cc(CC(=O)O)ccc1-c1ccc(F)c2c1CN(C(=O)CC1CCc3ccccc31)CC2. The first-order valence-corrected chi connectivity index (χ1v) is 12.6. The predicted octanol–water partition coefficient (Wildman–Crippen LogP) is 5.52. The molecular formula is C30H30FNO4. The Balaban J connectivity index is 1.43. The lowest BCUT2D eigenvalue weighted by molar-refractivity contribution is -0.136. The van der Waals surface area contributed by atoms with Crippen LogP contribution in [0.4, 0.5) is 4.39 Å². The fourth-order valence-corrected chi connectivity index (χ4v) is 5.64. The Labute approximate surface area is 210 Å². The second-order valence-electron chi connectivity index (χ2n) is 9.59. The van der Waals surface area contributed by atoms with Crippen molar-refractivity contribution in [2.45, 2.75) is 51.5 Å². The molecule has 1 amide bonds. The Morgan fingerprint density at radius 3 is 2.67 bits per heavy atom. The fourth-order valence-electron chi connectivity index (χ4n) is 5.64. The molecule has 0 aromatic heterocycles. The maximum absolute atomic E-state index is 14.8. The third-order valence-electron chi connectivity index (χ3n) is 7.38. The highest BCUT2D eigenvalue weighted by molar-refractivity contribution is 5.80. The van der Waals surface area contributed by atoms with Crippen molar-refractivity contribution < 1.29 is 23.8 Å². The first-order valence-electron chi connectivity index (χ1n) is 12.6. The van der Waals surface area contributed by atoms with Crippen molar-refractivity contribution in [3.63, 3.8) is 0 Å². The normalized spacial score (nSPS) is 16.4. The summed E-state index contributed by atoms with van der Waals surface area (Å²) in [5.74, 6) is -0.279. The average Bonchev–Trinajstić information content (AvgIpc) is 3.27. The summed E-state index contributed by atoms with van der Waals surface area (Å²) in [6.07, 6.45) is 2.81. The second kappa shape index (κ2) is 10.1. The summed E-state index contributed by atoms with van der Waals surface area (Å²) in [5, 5.41) is 9.18. The quantitative estimate of drug-likeness (QED) is 0.476. The van der Waals surface area contributed by atoms with Crippen molar-refractivity contribution in [3.8, 4) is 16.9 Å². The number of ether oxygens (including phenoxy) is 1. The molecule has 0 fully saturated rings. The molecule has 5 nitrogen and oxygen atoms in total. The number of rotatable bonds is 7. The molecule has 2 aliphatic rings. The number of carboxylic acid groups (broad SMARTS) is 1. The molecule has 0 spiro atoms. The number of hydrogen-bond acceptors (Lipinski definition) is 3. The van der Waals surface area contributed by atoms with Gasteiger partial charge in [-0.05, 0) is 77.6 Å². The number of nitrogens with zero attached hydrogens (tertiary/aromatic N) is 1. The summed E-state index contributed by atoms with van der Waals surface area (Å²) < 4.78 is 20.7. The summed E-state index contributed by atoms with van der Waals surface area (Å²) in [4.78, 5) is 26.4. The van der Waals surface area contributed by atoms with Crippen LogP contribution in [0, 0.1) is 5.82 Å². The van der Waals surface area contributed by atoms with E-state index in [4.69, 9.17) is 4.74 Å². The molecular weight excluding hydrogens is 457 g/mol. The van der Waals surface area contributed by atoms with Gasteiger partial charge < -0.3 is 14.7 Å². The Bertz CT molecular complexity index is 1320. The van der Waals surface area contributed by atoms with Crippen molar-refractivity contribution in [2.75, 3.05) is 13.2 Å². The Morgan fingerprint density at radius 2 is 1.86 bits per heavy atom. The van der Waals surface area contributed by atoms with E-state index >= 15 is 0 Å². The van der Waals surface area contributed by atoms with Crippen molar-refractivity contribution >= 4 is 11.9 Å². The van der Waals surface area contributed by atoms with Crippen LogP contribution >= 0.6 is 0 Å². The molecule has 3 aromatic rings. The van der Waals surface area contributed by atoms with Gasteiger partial charge in [-0.25, -0.2) is 4.39 Å². The highest BCUT2D eigenvalue weighted by atomic mass is 19.1. The van der Waals surface area contributed by atoms with Crippen LogP contribution in [0.2, 0.25) is 0 Å². The smallest absolute Gasteiger partial charge is 0.307 e. The molecule has 1 aliphatic heterocycles. The molecule has 1 unspecified atom stereocenters. The Kier molecular flexibility index (Phi) is 6.77. The molecule has 3 aromatic carbocycles. The number of benzene rings is 3. The Hall–Kier alpha value is -3.67. The number of halogens is 1. The van der Waals surface area contributed by atoms with E-state index in [1.807, 2.05) is 30.0 Å². The molecule has 1 atom stereocenters. The van der Waals surface area contributed by atoms with E-state index in [2.05, 4.69) is 12.1 Å². The minimum atomic E-state index is -0.914. The largest absolute Gasteiger partial charge is 0.493 e. The Morgan fingerprint density at radius 1 is 1.06 bits per heavy atom. The van der Waals surface area contributed by atoms with Crippen molar-refractivity contribution in [1.82, 2.24) is 4.90 Å². The third kappa shape index (κ3) is 4.72. The molecule has 0 saturated carbocycles. The molecule has 0 bridgehead atoms. The van der Waals surface area contributed by atoms with Gasteiger partial charge in [-0.2, -0.15) is 0 Å². The van der Waals surface area contributed by atoms with Crippen LogP contribution < -0.4 is 4.74 Å². The minimum absolute atomic E-state index is 0.0967. The van der Waals surface area contributed by atoms with Crippen LogP contribution in [-0.2, 0) is 35.4 Å². The zero-order valence-corrected chi connectivity index (χ0v) is 20.4.